The van der Waals surface area contributed by atoms with Gasteiger partial charge in [0.05, 0.1) is 21.9 Å². The maximum atomic E-state index is 14.3. The molecule has 2 aromatic rings. The van der Waals surface area contributed by atoms with Crippen molar-refractivity contribution in [2.75, 3.05) is 6.61 Å². The maximum Gasteiger partial charge on any atom is 0.303 e. The van der Waals surface area contributed by atoms with Gasteiger partial charge in [0.15, 0.2) is 9.84 Å². The monoisotopic (exact) mass is 621 g/mol. The molecule has 1 heterocycles. The minimum absolute atomic E-state index is 0.0442. The first-order chi connectivity index (χ1) is 19.4. The van der Waals surface area contributed by atoms with E-state index in [4.69, 9.17) is 9.47 Å². The van der Waals surface area contributed by atoms with E-state index in [1.807, 2.05) is 0 Å². The van der Waals surface area contributed by atoms with E-state index in [1.165, 1.54) is 24.3 Å². The van der Waals surface area contributed by atoms with Gasteiger partial charge in [0.2, 0.25) is 10.0 Å². The van der Waals surface area contributed by atoms with E-state index >= 15 is 0 Å². The van der Waals surface area contributed by atoms with E-state index in [-0.39, 0.29) is 22.0 Å². The van der Waals surface area contributed by atoms with Gasteiger partial charge in [0, 0.05) is 25.7 Å². The van der Waals surface area contributed by atoms with Crippen molar-refractivity contribution in [3.8, 4) is 0 Å². The van der Waals surface area contributed by atoms with Gasteiger partial charge in [0.25, 0.3) is 0 Å². The fraction of sp³-hybridized carbons (Fsp3) is 0.500. The molecule has 4 atom stereocenters. The summed E-state index contributed by atoms with van der Waals surface area (Å²) in [7, 11) is -8.66. The molecule has 1 saturated heterocycles. The third-order valence-electron chi connectivity index (χ3n) is 7.29. The number of hydrogen-bond acceptors (Lipinski definition) is 9. The maximum absolute atomic E-state index is 14.3. The van der Waals surface area contributed by atoms with Crippen LogP contribution in [0, 0.1) is 19.3 Å². The minimum Gasteiger partial charge on any atom is -0.464 e. The molecule has 1 aliphatic heterocycles. The van der Waals surface area contributed by atoms with Crippen LogP contribution in [0.5, 0.6) is 0 Å². The molecule has 3 rings (SSSR count). The molecular formula is C30H39NO9S2. The number of hydrogen-bond donors (Lipinski definition) is 0. The van der Waals surface area contributed by atoms with Crippen LogP contribution in [0.4, 0.5) is 0 Å². The lowest BCUT2D eigenvalue weighted by Gasteiger charge is -2.47. The molecule has 0 N–H and O–H groups in total. The first-order valence-corrected chi connectivity index (χ1v) is 16.6. The molecule has 10 nitrogen and oxygen atoms in total. The van der Waals surface area contributed by atoms with E-state index < -0.39 is 73.7 Å². The molecule has 0 aliphatic carbocycles. The average Bonchev–Trinajstić information content (AvgIpc) is 2.87. The number of sulfone groups is 1. The average molecular weight is 622 g/mol. The number of esters is 2. The highest BCUT2D eigenvalue weighted by Crippen LogP contribution is 2.39. The normalized spacial score (nSPS) is 21.9. The van der Waals surface area contributed by atoms with Crippen LogP contribution in [0.2, 0.25) is 0 Å². The molecule has 0 aromatic heterocycles. The van der Waals surface area contributed by atoms with Gasteiger partial charge in [-0.1, -0.05) is 56.2 Å². The van der Waals surface area contributed by atoms with Crippen molar-refractivity contribution in [2.24, 2.45) is 5.41 Å². The van der Waals surface area contributed by atoms with Gasteiger partial charge in [-0.25, -0.2) is 16.8 Å². The summed E-state index contributed by atoms with van der Waals surface area (Å²) in [6.45, 7) is 10.4. The van der Waals surface area contributed by atoms with Crippen molar-refractivity contribution in [1.82, 2.24) is 4.31 Å². The number of nitrogens with zero attached hydrogens (tertiary/aromatic N) is 1. The molecule has 1 fully saturated rings. The summed E-state index contributed by atoms with van der Waals surface area (Å²) in [5.74, 6) is -1.89. The van der Waals surface area contributed by atoms with Crippen molar-refractivity contribution in [3.05, 3.63) is 59.7 Å². The number of carbonyl (C=O) groups is 3. The molecule has 2 aromatic carbocycles. The molecule has 12 heteroatoms. The molecular weight excluding hydrogens is 582 g/mol. The number of aryl methyl sites for hydroxylation is 2. The second-order valence-corrected chi connectivity index (χ2v) is 15.8. The zero-order valence-electron chi connectivity index (χ0n) is 25.0. The van der Waals surface area contributed by atoms with Gasteiger partial charge < -0.3 is 9.47 Å². The molecule has 230 valence electrons. The molecule has 0 spiro atoms. The standard InChI is InChI=1S/C30H39NO9S2/c1-19-8-12-24(13-9-19)41(35,36)27-16-23(18-39-21(3)32)31(42(37,38)25-14-10-20(2)11-15-25)26(29(27)40-22(4)33)17-28(34)30(5,6)7/h8-15,23,26-27,29H,16-18H2,1-7H3/t23-,26+,27+,29+/m1/s1. The van der Waals surface area contributed by atoms with Crippen LogP contribution < -0.4 is 0 Å². The van der Waals surface area contributed by atoms with Crippen LogP contribution in [-0.2, 0) is 43.7 Å². The van der Waals surface area contributed by atoms with E-state index in [2.05, 4.69) is 0 Å². The van der Waals surface area contributed by atoms with Crippen molar-refractivity contribution < 1.29 is 40.7 Å². The van der Waals surface area contributed by atoms with E-state index in [9.17, 15) is 31.2 Å². The Bertz CT molecular complexity index is 1520. The summed E-state index contributed by atoms with van der Waals surface area (Å²) in [6, 6.07) is 9.56. The van der Waals surface area contributed by atoms with Crippen LogP contribution in [0.1, 0.15) is 58.6 Å². The second kappa shape index (κ2) is 12.6. The van der Waals surface area contributed by atoms with Crippen molar-refractivity contribution >= 4 is 37.6 Å². The van der Waals surface area contributed by atoms with Crippen molar-refractivity contribution in [2.45, 2.75) is 94.5 Å². The Morgan fingerprint density at radius 3 is 1.79 bits per heavy atom. The number of benzene rings is 2. The molecule has 0 amide bonds. The zero-order valence-corrected chi connectivity index (χ0v) is 26.6. The van der Waals surface area contributed by atoms with E-state index in [0.717, 1.165) is 29.3 Å². The van der Waals surface area contributed by atoms with Gasteiger partial charge in [-0.3, -0.25) is 14.4 Å². The Balaban J connectivity index is 2.30. The Morgan fingerprint density at radius 2 is 1.33 bits per heavy atom. The zero-order chi connectivity index (χ0) is 31.6. The van der Waals surface area contributed by atoms with E-state index in [1.54, 1.807) is 58.9 Å². The summed E-state index contributed by atoms with van der Waals surface area (Å²) in [4.78, 5) is 37.6. The van der Waals surface area contributed by atoms with Crippen molar-refractivity contribution in [3.63, 3.8) is 0 Å². The summed E-state index contributed by atoms with van der Waals surface area (Å²) in [6.07, 6.45) is -2.33. The quantitative estimate of drug-likeness (QED) is 0.383. The SMILES string of the molecule is CC(=O)OC[C@H]1C[C@H](S(=O)(=O)c2ccc(C)cc2)[C@@H](OC(C)=O)[C@H](CC(=O)C(C)(C)C)N1S(=O)(=O)c1ccc(C)cc1. The van der Waals surface area contributed by atoms with Gasteiger partial charge in [-0.05, 0) is 44.5 Å². The topological polar surface area (TPSA) is 141 Å². The second-order valence-electron chi connectivity index (χ2n) is 11.8. The highest BCUT2D eigenvalue weighted by atomic mass is 32.2. The smallest absolute Gasteiger partial charge is 0.303 e. The molecule has 0 radical (unpaired) electrons. The van der Waals surface area contributed by atoms with Gasteiger partial charge >= 0.3 is 11.9 Å². The third kappa shape index (κ3) is 7.45. The summed E-state index contributed by atoms with van der Waals surface area (Å²) >= 11 is 0. The number of piperidine rings is 1. The van der Waals surface area contributed by atoms with Crippen LogP contribution in [-0.4, -0.2) is 68.9 Å². The van der Waals surface area contributed by atoms with Gasteiger partial charge in [0.1, 0.15) is 23.7 Å². The van der Waals surface area contributed by atoms with Crippen LogP contribution >= 0.6 is 0 Å². The number of sulfonamides is 1. The molecule has 42 heavy (non-hydrogen) atoms. The fourth-order valence-corrected chi connectivity index (χ4v) is 8.73. The number of ether oxygens (including phenoxy) is 2. The number of ketones is 1. The lowest BCUT2D eigenvalue weighted by Crippen LogP contribution is -2.65. The number of Topliss-reactive ketones (excluding diaryl/α,β-unsaturated/α-hetero) is 1. The number of rotatable bonds is 9. The van der Waals surface area contributed by atoms with Crippen molar-refractivity contribution in [1.29, 1.82) is 0 Å². The molecule has 1 aliphatic rings. The summed E-state index contributed by atoms with van der Waals surface area (Å²) in [5.41, 5.74) is 0.713. The Hall–Kier alpha value is -3.09. The highest BCUT2D eigenvalue weighted by Gasteiger charge is 2.55. The predicted molar refractivity (Wildman–Crippen MR) is 156 cm³/mol. The third-order valence-corrected chi connectivity index (χ3v) is 11.5. The summed E-state index contributed by atoms with van der Waals surface area (Å²) < 4.78 is 68.7. The predicted octanol–water partition coefficient (Wildman–Crippen LogP) is 3.78. The van der Waals surface area contributed by atoms with Gasteiger partial charge in [-0.2, -0.15) is 4.31 Å². The van der Waals surface area contributed by atoms with Crippen LogP contribution in [0.3, 0.4) is 0 Å². The molecule has 0 unspecified atom stereocenters. The van der Waals surface area contributed by atoms with Crippen LogP contribution in [0.15, 0.2) is 58.3 Å². The first-order valence-electron chi connectivity index (χ1n) is 13.6. The summed E-state index contributed by atoms with van der Waals surface area (Å²) in [5, 5.41) is -1.44. The van der Waals surface area contributed by atoms with Gasteiger partial charge in [-0.15, -0.1) is 0 Å². The lowest BCUT2D eigenvalue weighted by molar-refractivity contribution is -0.154. The number of carbonyl (C=O) groups excluding carboxylic acids is 3. The minimum atomic E-state index is -4.42. The fourth-order valence-electron chi connectivity index (χ4n) is 4.99. The first kappa shape index (κ1) is 33.4. The highest BCUT2D eigenvalue weighted by molar-refractivity contribution is 7.92. The van der Waals surface area contributed by atoms with E-state index in [0.29, 0.717) is 0 Å². The Labute approximate surface area is 248 Å². The Morgan fingerprint density at radius 1 is 0.833 bits per heavy atom. The Kier molecular flexibility index (Phi) is 10.1. The van der Waals surface area contributed by atoms with Crippen LogP contribution in [0.25, 0.3) is 0 Å². The lowest BCUT2D eigenvalue weighted by atomic mass is 9.83. The molecule has 0 saturated carbocycles. The molecule has 0 bridgehead atoms. The largest absolute Gasteiger partial charge is 0.464 e.